The van der Waals surface area contributed by atoms with Crippen molar-refractivity contribution in [1.29, 1.82) is 0 Å². The van der Waals surface area contributed by atoms with Crippen LogP contribution in [0.2, 0.25) is 0 Å². The second kappa shape index (κ2) is 4.92. The van der Waals surface area contributed by atoms with Crippen molar-refractivity contribution < 1.29 is 4.39 Å². The summed E-state index contributed by atoms with van der Waals surface area (Å²) in [5.41, 5.74) is 2.30. The van der Waals surface area contributed by atoms with Crippen molar-refractivity contribution in [3.63, 3.8) is 0 Å². The predicted octanol–water partition coefficient (Wildman–Crippen LogP) is 1.81. The SMILES string of the molecule is Fc1ccc(-c2cnc3ncnc(-n4cncn4)c3n2)cc1. The standard InChI is InChI=1S/C14H8FN7/c15-10-3-1-9(2-4-10)11-5-17-13-12(21-11)14(19-7-18-13)22-8-16-6-20-22/h1-8H. The first kappa shape index (κ1) is 12.5. The van der Waals surface area contributed by atoms with Crippen LogP contribution < -0.4 is 0 Å². The number of rotatable bonds is 2. The van der Waals surface area contributed by atoms with Crippen molar-refractivity contribution in [1.82, 2.24) is 34.7 Å². The van der Waals surface area contributed by atoms with Crippen LogP contribution in [0.15, 0.2) is 49.4 Å². The van der Waals surface area contributed by atoms with Gasteiger partial charge in [0.25, 0.3) is 0 Å². The van der Waals surface area contributed by atoms with Crippen LogP contribution in [-0.2, 0) is 0 Å². The largest absolute Gasteiger partial charge is 0.239 e. The molecule has 0 bridgehead atoms. The molecule has 0 unspecified atom stereocenters. The van der Waals surface area contributed by atoms with Crippen molar-refractivity contribution in [3.8, 4) is 17.1 Å². The molecule has 0 atom stereocenters. The van der Waals surface area contributed by atoms with Gasteiger partial charge in [-0.05, 0) is 24.3 Å². The summed E-state index contributed by atoms with van der Waals surface area (Å²) in [6.45, 7) is 0. The Kier molecular flexibility index (Phi) is 2.78. The Hall–Kier alpha value is -3.29. The van der Waals surface area contributed by atoms with Gasteiger partial charge in [-0.3, -0.25) is 0 Å². The second-order valence-electron chi connectivity index (χ2n) is 4.47. The summed E-state index contributed by atoms with van der Waals surface area (Å²) in [6.07, 6.45) is 5.92. The molecular weight excluding hydrogens is 285 g/mol. The highest BCUT2D eigenvalue weighted by Crippen LogP contribution is 2.20. The maximum absolute atomic E-state index is 13.0. The van der Waals surface area contributed by atoms with Gasteiger partial charge in [-0.15, -0.1) is 0 Å². The average molecular weight is 293 g/mol. The van der Waals surface area contributed by atoms with Crippen molar-refractivity contribution in [2.75, 3.05) is 0 Å². The van der Waals surface area contributed by atoms with Gasteiger partial charge in [-0.25, -0.2) is 34.0 Å². The molecule has 3 aromatic heterocycles. The Morgan fingerprint density at radius 3 is 2.59 bits per heavy atom. The summed E-state index contributed by atoms with van der Waals surface area (Å²) in [6, 6.07) is 6.04. The first-order valence-electron chi connectivity index (χ1n) is 6.40. The number of nitrogens with zero attached hydrogens (tertiary/aromatic N) is 7. The van der Waals surface area contributed by atoms with E-state index in [1.54, 1.807) is 18.3 Å². The van der Waals surface area contributed by atoms with E-state index in [-0.39, 0.29) is 5.82 Å². The topological polar surface area (TPSA) is 82.3 Å². The highest BCUT2D eigenvalue weighted by atomic mass is 19.1. The summed E-state index contributed by atoms with van der Waals surface area (Å²) in [4.78, 5) is 21.0. The monoisotopic (exact) mass is 293 g/mol. The van der Waals surface area contributed by atoms with Crippen LogP contribution in [0.4, 0.5) is 4.39 Å². The Balaban J connectivity index is 1.93. The Morgan fingerprint density at radius 2 is 1.82 bits per heavy atom. The highest BCUT2D eigenvalue weighted by molar-refractivity contribution is 5.79. The summed E-state index contributed by atoms with van der Waals surface area (Å²) in [5.74, 6) is 0.183. The second-order valence-corrected chi connectivity index (χ2v) is 4.47. The Morgan fingerprint density at radius 1 is 0.955 bits per heavy atom. The number of benzene rings is 1. The minimum Gasteiger partial charge on any atom is -0.239 e. The molecule has 0 fully saturated rings. The van der Waals surface area contributed by atoms with Crippen LogP contribution in [0.3, 0.4) is 0 Å². The van der Waals surface area contributed by atoms with Gasteiger partial charge in [0.2, 0.25) is 0 Å². The van der Waals surface area contributed by atoms with Gasteiger partial charge < -0.3 is 0 Å². The first-order valence-corrected chi connectivity index (χ1v) is 6.40. The fourth-order valence-electron chi connectivity index (χ4n) is 2.07. The molecule has 8 heteroatoms. The molecular formula is C14H8FN7. The molecule has 0 amide bonds. The third kappa shape index (κ3) is 2.06. The molecule has 0 aliphatic carbocycles. The maximum atomic E-state index is 13.0. The lowest BCUT2D eigenvalue weighted by atomic mass is 10.1. The van der Waals surface area contributed by atoms with Gasteiger partial charge in [0.05, 0.1) is 11.9 Å². The summed E-state index contributed by atoms with van der Waals surface area (Å²) in [7, 11) is 0. The van der Waals surface area contributed by atoms with E-state index in [9.17, 15) is 4.39 Å². The van der Waals surface area contributed by atoms with Crippen LogP contribution in [-0.4, -0.2) is 34.7 Å². The molecule has 0 radical (unpaired) electrons. The van der Waals surface area contributed by atoms with E-state index < -0.39 is 0 Å². The number of hydrogen-bond acceptors (Lipinski definition) is 6. The normalized spacial score (nSPS) is 11.0. The van der Waals surface area contributed by atoms with Gasteiger partial charge in [0.1, 0.15) is 24.8 Å². The van der Waals surface area contributed by atoms with E-state index in [0.29, 0.717) is 22.7 Å². The van der Waals surface area contributed by atoms with Crippen LogP contribution >= 0.6 is 0 Å². The third-order valence-electron chi connectivity index (χ3n) is 3.10. The molecule has 22 heavy (non-hydrogen) atoms. The molecule has 106 valence electrons. The lowest BCUT2D eigenvalue weighted by Gasteiger charge is -2.05. The van der Waals surface area contributed by atoms with Gasteiger partial charge in [-0.2, -0.15) is 5.10 Å². The van der Waals surface area contributed by atoms with E-state index in [4.69, 9.17) is 0 Å². The number of fused-ring (bicyclic) bond motifs is 1. The van der Waals surface area contributed by atoms with Crippen molar-refractivity contribution in [3.05, 3.63) is 55.3 Å². The van der Waals surface area contributed by atoms with Crippen LogP contribution in [0.1, 0.15) is 0 Å². The van der Waals surface area contributed by atoms with Crippen molar-refractivity contribution in [2.24, 2.45) is 0 Å². The zero-order valence-corrected chi connectivity index (χ0v) is 11.1. The molecule has 7 nitrogen and oxygen atoms in total. The number of aromatic nitrogens is 7. The fraction of sp³-hybridized carbons (Fsp3) is 0. The molecule has 4 aromatic rings. The molecule has 0 aliphatic heterocycles. The van der Waals surface area contributed by atoms with Crippen LogP contribution in [0.25, 0.3) is 28.2 Å². The molecule has 1 aromatic carbocycles. The molecule has 0 spiro atoms. The van der Waals surface area contributed by atoms with Gasteiger partial charge in [0.15, 0.2) is 17.0 Å². The Bertz CT molecular complexity index is 935. The van der Waals surface area contributed by atoms with E-state index in [0.717, 1.165) is 5.56 Å². The summed E-state index contributed by atoms with van der Waals surface area (Å²) < 4.78 is 14.5. The fourth-order valence-corrected chi connectivity index (χ4v) is 2.07. The quantitative estimate of drug-likeness (QED) is 0.560. The smallest absolute Gasteiger partial charge is 0.186 e. The van der Waals surface area contributed by atoms with E-state index >= 15 is 0 Å². The summed E-state index contributed by atoms with van der Waals surface area (Å²) in [5, 5.41) is 4.05. The van der Waals surface area contributed by atoms with E-state index in [2.05, 4.69) is 30.0 Å². The number of hydrogen-bond donors (Lipinski definition) is 0. The molecule has 4 rings (SSSR count). The predicted molar refractivity (Wildman–Crippen MR) is 75.4 cm³/mol. The highest BCUT2D eigenvalue weighted by Gasteiger charge is 2.11. The summed E-state index contributed by atoms with van der Waals surface area (Å²) >= 11 is 0. The Labute approximate surface area is 123 Å². The minimum absolute atomic E-state index is 0.302. The molecule has 0 aliphatic rings. The lowest BCUT2D eigenvalue weighted by molar-refractivity contribution is 0.628. The minimum atomic E-state index is -0.302. The zero-order chi connectivity index (χ0) is 14.9. The van der Waals surface area contributed by atoms with Crippen LogP contribution in [0, 0.1) is 5.82 Å². The maximum Gasteiger partial charge on any atom is 0.186 e. The van der Waals surface area contributed by atoms with E-state index in [1.165, 1.54) is 35.8 Å². The zero-order valence-electron chi connectivity index (χ0n) is 11.1. The molecule has 0 saturated carbocycles. The molecule has 0 N–H and O–H groups in total. The van der Waals surface area contributed by atoms with E-state index in [1.807, 2.05) is 0 Å². The van der Waals surface area contributed by atoms with Gasteiger partial charge in [-0.1, -0.05) is 0 Å². The molecule has 0 saturated heterocycles. The van der Waals surface area contributed by atoms with Crippen LogP contribution in [0.5, 0.6) is 0 Å². The average Bonchev–Trinajstić information content (AvgIpc) is 3.09. The number of halogens is 1. The van der Waals surface area contributed by atoms with Gasteiger partial charge in [0, 0.05) is 5.56 Å². The lowest BCUT2D eigenvalue weighted by Crippen LogP contribution is -2.03. The van der Waals surface area contributed by atoms with Gasteiger partial charge >= 0.3 is 0 Å². The molecule has 3 heterocycles. The third-order valence-corrected chi connectivity index (χ3v) is 3.10. The van der Waals surface area contributed by atoms with Crippen molar-refractivity contribution >= 4 is 11.2 Å². The van der Waals surface area contributed by atoms with Crippen molar-refractivity contribution in [2.45, 2.75) is 0 Å². The first-order chi connectivity index (χ1) is 10.8.